The first-order valence-corrected chi connectivity index (χ1v) is 24.3. The quantitative estimate of drug-likeness (QED) is 0.0503. The lowest BCUT2D eigenvalue weighted by molar-refractivity contribution is -0.378. The van der Waals surface area contributed by atoms with Crippen LogP contribution in [0.4, 0.5) is 0 Å². The van der Waals surface area contributed by atoms with Gasteiger partial charge in [-0.2, -0.15) is 0 Å². The molecule has 0 aromatic heterocycles. The van der Waals surface area contributed by atoms with Crippen LogP contribution in [0, 0.1) is 0 Å². The molecule has 38 nitrogen and oxygen atoms in total. The normalized spacial score (nSPS) is 46.2. The fraction of sp³-hybridized carbons (Fsp3) is 0.857. The third-order valence-electron chi connectivity index (χ3n) is 13.7. The van der Waals surface area contributed by atoms with Crippen LogP contribution in [0.1, 0.15) is 20.8 Å². The Labute approximate surface area is 449 Å². The number of ether oxygens (including phenoxy) is 11. The summed E-state index contributed by atoms with van der Waals surface area (Å²) in [5.74, 6) is -2.98. The van der Waals surface area contributed by atoms with E-state index in [0.29, 0.717) is 0 Å². The van der Waals surface area contributed by atoms with Gasteiger partial charge in [0.05, 0.1) is 19.8 Å². The first-order valence-electron chi connectivity index (χ1n) is 24.3. The summed E-state index contributed by atoms with van der Waals surface area (Å²) in [7, 11) is 0. The molecule has 6 rings (SSSR count). The Hall–Kier alpha value is -4.22. The summed E-state index contributed by atoms with van der Waals surface area (Å²) in [5, 5.41) is 178. The highest BCUT2D eigenvalue weighted by atomic mass is 16.8. The first kappa shape index (κ1) is 64.9. The van der Waals surface area contributed by atoms with Gasteiger partial charge in [0.2, 0.25) is 17.7 Å². The highest BCUT2D eigenvalue weighted by Gasteiger charge is 2.60. The van der Waals surface area contributed by atoms with Crippen LogP contribution < -0.4 is 21.8 Å². The van der Waals surface area contributed by atoms with Crippen LogP contribution >= 0.6 is 0 Å². The molecule has 6 saturated heterocycles. The minimum atomic E-state index is -2.52. The monoisotopic (exact) mass is 1170 g/mol. The van der Waals surface area contributed by atoms with Crippen LogP contribution in [-0.4, -0.2) is 321 Å². The molecule has 0 unspecified atom stereocenters. The minimum Gasteiger partial charge on any atom is -0.479 e. The van der Waals surface area contributed by atoms with E-state index in [1.165, 1.54) is 0 Å². The number of hydrogen-bond acceptors (Lipinski definition) is 32. The third-order valence-corrected chi connectivity index (χ3v) is 13.7. The number of aliphatic carboxylic acids is 3. The molecular weight excluding hydrogens is 1100 g/mol. The van der Waals surface area contributed by atoms with Gasteiger partial charge in [-0.1, -0.05) is 0 Å². The van der Waals surface area contributed by atoms with E-state index < -0.39 is 239 Å². The number of aliphatic hydroxyl groups excluding tert-OH is 13. The van der Waals surface area contributed by atoms with E-state index in [9.17, 15) is 110 Å². The molecule has 458 valence electrons. The summed E-state index contributed by atoms with van der Waals surface area (Å²) < 4.78 is 61.7. The van der Waals surface area contributed by atoms with Gasteiger partial charge in [0, 0.05) is 20.8 Å². The van der Waals surface area contributed by atoms with Crippen LogP contribution in [0.25, 0.3) is 0 Å². The van der Waals surface area contributed by atoms with Gasteiger partial charge in [0.1, 0.15) is 128 Å². The molecule has 0 bridgehead atoms. The largest absolute Gasteiger partial charge is 0.479 e. The number of carboxylic acid groups (broad SMARTS) is 3. The molecule has 6 heterocycles. The molecule has 0 aromatic rings. The van der Waals surface area contributed by atoms with Crippen molar-refractivity contribution in [2.24, 2.45) is 5.90 Å². The van der Waals surface area contributed by atoms with Crippen molar-refractivity contribution in [3.8, 4) is 0 Å². The van der Waals surface area contributed by atoms with Gasteiger partial charge in [0.25, 0.3) is 0 Å². The van der Waals surface area contributed by atoms with E-state index in [4.69, 9.17) is 62.8 Å². The van der Waals surface area contributed by atoms with E-state index >= 15 is 0 Å². The van der Waals surface area contributed by atoms with E-state index in [2.05, 4.69) is 16.0 Å². The maximum Gasteiger partial charge on any atom is 0.335 e. The van der Waals surface area contributed by atoms with Gasteiger partial charge < -0.3 is 150 Å². The number of aliphatic hydroxyl groups is 13. The van der Waals surface area contributed by atoms with Crippen LogP contribution in [0.2, 0.25) is 0 Å². The Morgan fingerprint density at radius 1 is 0.375 bits per heavy atom. The zero-order chi connectivity index (χ0) is 59.5. The van der Waals surface area contributed by atoms with Gasteiger partial charge >= 0.3 is 17.9 Å². The third kappa shape index (κ3) is 13.9. The maximum absolute atomic E-state index is 13.0. The smallest absolute Gasteiger partial charge is 0.335 e. The SMILES string of the molecule is CC(=O)N[C@@H]1[C@@H](O[C@@H]2O[C@H](C(=O)O)[C@@H](O[C@@H]3O[C@H](CO)[C@@H](O)[C@H](O[C@@H]4O[C@H](C(=O)O)[C@@H](O[C@@H]5O[C@H](CO)[C@@H](O)[C@H](O[C@@H]6O[C@H](C(=O)O)[C@H](O)[C@H](O)[C@H]6O)[C@H]5NC(C)=O)[C@H](O)[C@H]4O)[C@H]3NC(C)=O)[C@H](ON)[C@H]2O)[C@H](O)[C@@H](CO)O[C@H]1O. The fourth-order valence-electron chi connectivity index (χ4n) is 9.78. The second kappa shape index (κ2) is 27.4. The molecular formula is C42H66N4O34. The van der Waals surface area contributed by atoms with E-state index in [1.54, 1.807) is 0 Å². The highest BCUT2D eigenvalue weighted by Crippen LogP contribution is 2.37. The fourth-order valence-corrected chi connectivity index (χ4v) is 9.78. The average molecular weight is 1170 g/mol. The summed E-state index contributed by atoms with van der Waals surface area (Å²) in [6.45, 7) is -0.372. The Kier molecular flexibility index (Phi) is 22.3. The molecule has 38 heteroatoms. The van der Waals surface area contributed by atoms with Crippen LogP contribution in [-0.2, 0) is 85.7 Å². The Morgan fingerprint density at radius 3 is 1.11 bits per heavy atom. The number of carbonyl (C=O) groups excluding carboxylic acids is 3. The summed E-state index contributed by atoms with van der Waals surface area (Å²) in [5.41, 5.74) is 0. The minimum absolute atomic E-state index is 0.799. The summed E-state index contributed by atoms with van der Waals surface area (Å²) in [6, 6.07) is -5.57. The molecule has 6 fully saturated rings. The molecule has 3 amide bonds. The van der Waals surface area contributed by atoms with E-state index in [0.717, 1.165) is 20.8 Å². The lowest BCUT2D eigenvalue weighted by atomic mass is 9.93. The molecule has 0 aromatic carbocycles. The molecule has 0 radical (unpaired) electrons. The van der Waals surface area contributed by atoms with Gasteiger partial charge in [-0.3, -0.25) is 19.2 Å². The molecule has 6 aliphatic rings. The van der Waals surface area contributed by atoms with Crippen LogP contribution in [0.5, 0.6) is 0 Å². The summed E-state index contributed by atoms with van der Waals surface area (Å²) in [6.07, 6.45) is -58.4. The molecule has 6 aliphatic heterocycles. The van der Waals surface area contributed by atoms with Gasteiger partial charge in [-0.25, -0.2) is 20.3 Å². The van der Waals surface area contributed by atoms with Gasteiger partial charge in [-0.05, 0) is 0 Å². The predicted octanol–water partition coefficient (Wildman–Crippen LogP) is -13.5. The van der Waals surface area contributed by atoms with Crippen molar-refractivity contribution < 1.29 is 167 Å². The molecule has 0 saturated carbocycles. The molecule has 0 aliphatic carbocycles. The van der Waals surface area contributed by atoms with Crippen molar-refractivity contribution in [1.29, 1.82) is 0 Å². The standard InChI is InChI=1S/C42H66N4O34/c1-7(50)44-13-25(16(53)10(4-47)69-37(13)68)72-42-24(61)29(80-43)31(33(79-42)36(66)67)77-39-15(46-9(3)52)27(18(55)12(6-49)71-39)74-41-23(60)21(58)28(32(78-41)35(64)65)75-38-14(45-8(2)51)26(17(54)11(5-48)70-38)73-40-22(59)19(56)20(57)30(76-40)34(62)63/h10-33,37-42,47-49,53-61,68H,4-6,43H2,1-3H3,(H,44,50)(H,45,51)(H,46,52)(H,62,63)(H,64,65)(H,66,67)/t10-,11-,12-,13-,14-,15-,16-,17-,18-,19+,20-,21-,22-,23-,24-,25-,26-,27-,28+,29-,30+,31+,32+,33+,37-,38+,39+,40-,41-,42-/m1/s1. The second-order valence-electron chi connectivity index (χ2n) is 19.2. The van der Waals surface area contributed by atoms with Gasteiger partial charge in [0.15, 0.2) is 56.1 Å². The number of carboxylic acids is 3. The number of rotatable bonds is 20. The predicted molar refractivity (Wildman–Crippen MR) is 239 cm³/mol. The number of hydrogen-bond donors (Lipinski definition) is 20. The maximum atomic E-state index is 13.0. The van der Waals surface area contributed by atoms with Crippen LogP contribution in [0.3, 0.4) is 0 Å². The number of nitrogens with two attached hydrogens (primary N) is 1. The van der Waals surface area contributed by atoms with Crippen molar-refractivity contribution in [3.63, 3.8) is 0 Å². The topological polar surface area (TPSA) is 599 Å². The second-order valence-corrected chi connectivity index (χ2v) is 19.2. The summed E-state index contributed by atoms with van der Waals surface area (Å²) >= 11 is 0. The Balaban J connectivity index is 1.26. The molecule has 0 spiro atoms. The number of amides is 3. The van der Waals surface area contributed by atoms with Crippen molar-refractivity contribution in [2.45, 2.75) is 205 Å². The van der Waals surface area contributed by atoms with Crippen LogP contribution in [0.15, 0.2) is 0 Å². The lowest BCUT2D eigenvalue weighted by Gasteiger charge is -2.50. The lowest BCUT2D eigenvalue weighted by Crippen LogP contribution is -2.71. The Morgan fingerprint density at radius 2 is 0.713 bits per heavy atom. The molecule has 21 N–H and O–H groups in total. The van der Waals surface area contributed by atoms with E-state index in [-0.39, 0.29) is 0 Å². The highest BCUT2D eigenvalue weighted by molar-refractivity contribution is 5.75. The summed E-state index contributed by atoms with van der Waals surface area (Å²) in [4.78, 5) is 80.0. The molecule has 30 atom stereocenters. The first-order chi connectivity index (χ1) is 37.6. The van der Waals surface area contributed by atoms with Crippen molar-refractivity contribution in [2.75, 3.05) is 19.8 Å². The van der Waals surface area contributed by atoms with E-state index in [1.807, 2.05) is 0 Å². The van der Waals surface area contributed by atoms with Gasteiger partial charge in [-0.15, -0.1) is 0 Å². The number of nitrogens with one attached hydrogen (secondary N) is 3. The zero-order valence-electron chi connectivity index (χ0n) is 42.0. The average Bonchev–Trinajstić information content (AvgIpc) is 3.54. The Bertz CT molecular complexity index is 2140. The number of carbonyl (C=O) groups is 6. The van der Waals surface area contributed by atoms with Crippen molar-refractivity contribution in [1.82, 2.24) is 16.0 Å². The van der Waals surface area contributed by atoms with Crippen molar-refractivity contribution >= 4 is 35.6 Å². The van der Waals surface area contributed by atoms with Crippen molar-refractivity contribution in [3.05, 3.63) is 0 Å². The zero-order valence-corrected chi connectivity index (χ0v) is 42.0. The molecule has 80 heavy (non-hydrogen) atoms.